The quantitative estimate of drug-likeness (QED) is 0.564. The van der Waals surface area contributed by atoms with Gasteiger partial charge in [0.15, 0.2) is 0 Å². The molecule has 0 amide bonds. The Morgan fingerprint density at radius 3 is 2.12 bits per heavy atom. The van der Waals surface area contributed by atoms with E-state index < -0.39 is 23.5 Å². The van der Waals surface area contributed by atoms with Gasteiger partial charge in [-0.3, -0.25) is 0 Å². The molecule has 90 valence electrons. The smallest absolute Gasteiger partial charge is 0.327 e. The Morgan fingerprint density at radius 2 is 1.75 bits per heavy atom. The van der Waals surface area contributed by atoms with Gasteiger partial charge in [-0.05, 0) is 0 Å². The zero-order chi connectivity index (χ0) is 11.6. The molecule has 1 atom stereocenters. The van der Waals surface area contributed by atoms with E-state index in [0.717, 1.165) is 19.2 Å². The summed E-state index contributed by atoms with van der Waals surface area (Å²) in [6.07, 6.45) is 0. The van der Waals surface area contributed by atoms with E-state index in [0.29, 0.717) is 0 Å². The molecule has 7 heteroatoms. The van der Waals surface area contributed by atoms with Crippen molar-refractivity contribution in [3.8, 4) is 17.2 Å². The molecule has 0 unspecified atom stereocenters. The summed E-state index contributed by atoms with van der Waals surface area (Å²) in [4.78, 5) is 11.1. The number of phenols is 3. The average Bonchev–Trinajstić information content (AvgIpc) is 2.14. The predicted octanol–water partition coefficient (Wildman–Crippen LogP) is 0.398. The molecule has 0 fully saturated rings. The van der Waals surface area contributed by atoms with E-state index in [1.54, 1.807) is 0 Å². The Bertz CT molecular complexity index is 372. The number of ether oxygens (including phenoxy) is 1. The normalized spacial score (nSPS) is 11.4. The number of aromatic hydroxyl groups is 3. The lowest BCUT2D eigenvalue weighted by Crippen LogP contribution is -2.22. The van der Waals surface area contributed by atoms with Gasteiger partial charge in [-0.25, -0.2) is 4.79 Å². The minimum Gasteiger partial charge on any atom is -0.508 e. The van der Waals surface area contributed by atoms with Gasteiger partial charge in [0, 0.05) is 12.1 Å². The fraction of sp³-hybridized carbons (Fsp3) is 0.222. The summed E-state index contributed by atoms with van der Waals surface area (Å²) in [6, 6.07) is 0.644. The average molecular weight is 250 g/mol. The molecule has 1 aromatic rings. The zero-order valence-corrected chi connectivity index (χ0v) is 9.19. The fourth-order valence-corrected chi connectivity index (χ4v) is 1.17. The van der Waals surface area contributed by atoms with Gasteiger partial charge < -0.3 is 25.8 Å². The predicted molar refractivity (Wildman–Crippen MR) is 57.6 cm³/mol. The van der Waals surface area contributed by atoms with Crippen LogP contribution in [0.15, 0.2) is 12.1 Å². The molecule has 0 aromatic heterocycles. The first-order valence-corrected chi connectivity index (χ1v) is 4.05. The lowest BCUT2D eigenvalue weighted by atomic mass is 10.1. The van der Waals surface area contributed by atoms with Crippen molar-refractivity contribution in [3.05, 3.63) is 17.7 Å². The van der Waals surface area contributed by atoms with Crippen LogP contribution >= 0.6 is 12.4 Å². The van der Waals surface area contributed by atoms with Crippen molar-refractivity contribution in [1.29, 1.82) is 0 Å². The number of hydrogen-bond acceptors (Lipinski definition) is 6. The van der Waals surface area contributed by atoms with Gasteiger partial charge in [0.05, 0.1) is 12.7 Å². The minimum absolute atomic E-state index is 0. The first-order valence-electron chi connectivity index (χ1n) is 4.05. The van der Waals surface area contributed by atoms with E-state index in [-0.39, 0.29) is 23.7 Å². The molecule has 0 saturated heterocycles. The maximum absolute atomic E-state index is 11.1. The highest BCUT2D eigenvalue weighted by Crippen LogP contribution is 2.35. The first kappa shape index (κ1) is 14.3. The molecular formula is C9H12ClNO5. The number of halogens is 1. The summed E-state index contributed by atoms with van der Waals surface area (Å²) in [5.41, 5.74) is 5.24. The van der Waals surface area contributed by atoms with Crippen molar-refractivity contribution < 1.29 is 24.9 Å². The third kappa shape index (κ3) is 2.68. The summed E-state index contributed by atoms with van der Waals surface area (Å²) < 4.78 is 4.36. The Hall–Kier alpha value is -1.66. The highest BCUT2D eigenvalue weighted by Gasteiger charge is 2.23. The second kappa shape index (κ2) is 5.43. The number of hydrogen-bond donors (Lipinski definition) is 4. The van der Waals surface area contributed by atoms with Crippen LogP contribution in [0.3, 0.4) is 0 Å². The van der Waals surface area contributed by atoms with Gasteiger partial charge in [0.1, 0.15) is 23.3 Å². The summed E-state index contributed by atoms with van der Waals surface area (Å²) in [6.45, 7) is 0. The van der Waals surface area contributed by atoms with Crippen LogP contribution in [0.4, 0.5) is 0 Å². The van der Waals surface area contributed by atoms with E-state index in [4.69, 9.17) is 10.8 Å². The standard InChI is InChI=1S/C9H11NO5.ClH/c1-15-9(14)8(10)7-5(12)2-4(11)3-6(7)13;/h2-3,8,11-13H,10H2,1H3;1H/t8-;/m0./s1. The lowest BCUT2D eigenvalue weighted by Gasteiger charge is -2.13. The first-order chi connectivity index (χ1) is 6.97. The maximum Gasteiger partial charge on any atom is 0.327 e. The molecule has 0 aliphatic rings. The van der Waals surface area contributed by atoms with Crippen LogP contribution in [-0.2, 0) is 9.53 Å². The van der Waals surface area contributed by atoms with Gasteiger partial charge in [-0.15, -0.1) is 12.4 Å². The van der Waals surface area contributed by atoms with Crippen LogP contribution < -0.4 is 5.73 Å². The molecule has 0 spiro atoms. The summed E-state index contributed by atoms with van der Waals surface area (Å²) in [5, 5.41) is 27.8. The molecule has 16 heavy (non-hydrogen) atoms. The van der Waals surface area contributed by atoms with Crippen molar-refractivity contribution in [2.24, 2.45) is 5.73 Å². The molecule has 5 N–H and O–H groups in total. The number of rotatable bonds is 2. The minimum atomic E-state index is -1.30. The molecule has 0 bridgehead atoms. The highest BCUT2D eigenvalue weighted by molar-refractivity contribution is 5.85. The van der Waals surface area contributed by atoms with Gasteiger partial charge >= 0.3 is 5.97 Å². The van der Waals surface area contributed by atoms with Crippen molar-refractivity contribution >= 4 is 18.4 Å². The monoisotopic (exact) mass is 249 g/mol. The van der Waals surface area contributed by atoms with Crippen molar-refractivity contribution in [1.82, 2.24) is 0 Å². The Balaban J connectivity index is 0.00000225. The number of benzene rings is 1. The van der Waals surface area contributed by atoms with Crippen LogP contribution in [0, 0.1) is 0 Å². The molecule has 1 rings (SSSR count). The zero-order valence-electron chi connectivity index (χ0n) is 8.38. The highest BCUT2D eigenvalue weighted by atomic mass is 35.5. The van der Waals surface area contributed by atoms with Crippen LogP contribution in [0.5, 0.6) is 17.2 Å². The maximum atomic E-state index is 11.1. The molecule has 6 nitrogen and oxygen atoms in total. The van der Waals surface area contributed by atoms with Crippen LogP contribution in [-0.4, -0.2) is 28.4 Å². The number of carbonyl (C=O) groups excluding carboxylic acids is 1. The Morgan fingerprint density at radius 1 is 1.31 bits per heavy atom. The number of esters is 1. The van der Waals surface area contributed by atoms with Gasteiger partial charge in [-0.2, -0.15) is 0 Å². The van der Waals surface area contributed by atoms with Crippen molar-refractivity contribution in [2.45, 2.75) is 6.04 Å². The second-order valence-corrected chi connectivity index (χ2v) is 2.90. The SMILES string of the molecule is COC(=O)[C@@H](N)c1c(O)cc(O)cc1O.Cl. The van der Waals surface area contributed by atoms with Crippen LogP contribution in [0.1, 0.15) is 11.6 Å². The molecule has 1 aromatic carbocycles. The number of carbonyl (C=O) groups is 1. The van der Waals surface area contributed by atoms with E-state index in [1.165, 1.54) is 0 Å². The summed E-state index contributed by atoms with van der Waals surface area (Å²) in [7, 11) is 1.14. The van der Waals surface area contributed by atoms with Crippen molar-refractivity contribution in [2.75, 3.05) is 7.11 Å². The largest absolute Gasteiger partial charge is 0.508 e. The van der Waals surface area contributed by atoms with Gasteiger partial charge in [-0.1, -0.05) is 0 Å². The van der Waals surface area contributed by atoms with E-state index in [2.05, 4.69) is 4.74 Å². The van der Waals surface area contributed by atoms with E-state index in [1.807, 2.05) is 0 Å². The molecular weight excluding hydrogens is 238 g/mol. The van der Waals surface area contributed by atoms with Crippen LogP contribution in [0.25, 0.3) is 0 Å². The Labute approximate surface area is 97.7 Å². The Kier molecular flexibility index (Phi) is 4.87. The number of phenolic OH excluding ortho intramolecular Hbond substituents is 3. The molecule has 0 aliphatic carbocycles. The molecule has 0 heterocycles. The van der Waals surface area contributed by atoms with Crippen molar-refractivity contribution in [3.63, 3.8) is 0 Å². The van der Waals surface area contributed by atoms with Crippen LogP contribution in [0.2, 0.25) is 0 Å². The topological polar surface area (TPSA) is 113 Å². The summed E-state index contributed by atoms with van der Waals surface area (Å²) in [5.74, 6) is -2.06. The molecule has 0 aliphatic heterocycles. The lowest BCUT2D eigenvalue weighted by molar-refractivity contribution is -0.142. The van der Waals surface area contributed by atoms with Gasteiger partial charge in [0.25, 0.3) is 0 Å². The molecule has 0 radical (unpaired) electrons. The second-order valence-electron chi connectivity index (χ2n) is 2.90. The third-order valence-electron chi connectivity index (χ3n) is 1.89. The fourth-order valence-electron chi connectivity index (χ4n) is 1.17. The van der Waals surface area contributed by atoms with E-state index in [9.17, 15) is 15.0 Å². The molecule has 0 saturated carbocycles. The number of nitrogens with two attached hydrogens (primary N) is 1. The number of methoxy groups -OCH3 is 1. The third-order valence-corrected chi connectivity index (χ3v) is 1.89. The van der Waals surface area contributed by atoms with E-state index >= 15 is 0 Å². The van der Waals surface area contributed by atoms with Gasteiger partial charge in [0.2, 0.25) is 0 Å². The summed E-state index contributed by atoms with van der Waals surface area (Å²) >= 11 is 0.